The Morgan fingerprint density at radius 2 is 1.03 bits per heavy atom. The molecule has 0 radical (unpaired) electrons. The Morgan fingerprint density at radius 3 is 1.62 bits per heavy atom. The van der Waals surface area contributed by atoms with Crippen LogP contribution in [0, 0.1) is 12.3 Å². The lowest BCUT2D eigenvalue weighted by Crippen LogP contribution is -2.61. The SMILES string of the molecule is BC/C(=C(B)\C(B)=C(\B)C#C)c1cc(C(C)(C)C)ccc1N(c1ccc2c(c1)N(c1ccc3c(c1)-c1ccccc1C3(C)C)c1cc(C(C)(C)C)cc3c1B2c1cc(C(C)(C)C)ccc1N3c1ccc(C(C)(C)C)cc1)c1c(B)c(B)c(B)c(B)c1B. The van der Waals surface area contributed by atoms with Crippen molar-refractivity contribution in [2.24, 2.45) is 0 Å². The molecule has 0 saturated heterocycles. The van der Waals surface area contributed by atoms with E-state index in [-0.39, 0.29) is 33.8 Å². The Kier molecular flexibility index (Phi) is 15.2. The van der Waals surface area contributed by atoms with E-state index >= 15 is 0 Å². The molecular formula is C74H85B10N3. The zero-order chi connectivity index (χ0) is 63.1. The number of fused-ring (bicyclic) bond motifs is 7. The third-order valence-corrected chi connectivity index (χ3v) is 20.6. The summed E-state index contributed by atoms with van der Waals surface area (Å²) in [6, 6.07) is 53.2. The predicted octanol–water partition coefficient (Wildman–Crippen LogP) is 5.53. The molecule has 8 aromatic rings. The van der Waals surface area contributed by atoms with Crippen LogP contribution in [0.4, 0.5) is 51.2 Å². The first-order valence-electron chi connectivity index (χ1n) is 32.0. The molecule has 13 heteroatoms. The van der Waals surface area contributed by atoms with Gasteiger partial charge in [-0.1, -0.05) is 214 Å². The molecule has 426 valence electrons. The number of terminal acetylenes is 1. The maximum atomic E-state index is 6.19. The lowest BCUT2D eigenvalue weighted by molar-refractivity contribution is 0.589. The lowest BCUT2D eigenvalue weighted by atomic mass is 9.33. The minimum absolute atomic E-state index is 0.0121. The smallest absolute Gasteiger partial charge is 0.252 e. The van der Waals surface area contributed by atoms with Gasteiger partial charge in [-0.05, 0) is 155 Å². The summed E-state index contributed by atoms with van der Waals surface area (Å²) >= 11 is 0. The quantitative estimate of drug-likeness (QED) is 0.113. The molecule has 11 rings (SSSR count). The van der Waals surface area contributed by atoms with Gasteiger partial charge in [-0.25, -0.2) is 0 Å². The number of hydrogen-bond acceptors (Lipinski definition) is 3. The summed E-state index contributed by atoms with van der Waals surface area (Å²) in [7, 11) is 20.5. The highest BCUT2D eigenvalue weighted by Gasteiger charge is 2.46. The molecule has 87 heavy (non-hydrogen) atoms. The van der Waals surface area contributed by atoms with Crippen LogP contribution in [0.25, 0.3) is 16.7 Å². The van der Waals surface area contributed by atoms with Crippen molar-refractivity contribution in [1.82, 2.24) is 0 Å². The van der Waals surface area contributed by atoms with Gasteiger partial charge in [0.25, 0.3) is 6.71 Å². The summed E-state index contributed by atoms with van der Waals surface area (Å²) in [5.74, 6) is 3.00. The van der Waals surface area contributed by atoms with Gasteiger partial charge in [0, 0.05) is 56.5 Å². The molecule has 3 aliphatic rings. The molecule has 0 unspecified atom stereocenters. The Hall–Kier alpha value is -7.15. The van der Waals surface area contributed by atoms with E-state index in [1.54, 1.807) is 0 Å². The van der Waals surface area contributed by atoms with E-state index in [2.05, 4.69) is 322 Å². The van der Waals surface area contributed by atoms with Crippen LogP contribution in [0.3, 0.4) is 0 Å². The number of nitrogens with zero attached hydrogens (tertiary/aromatic N) is 3. The molecule has 0 amide bonds. The van der Waals surface area contributed by atoms with E-state index in [4.69, 9.17) is 6.42 Å². The molecule has 0 N–H and O–H groups in total. The van der Waals surface area contributed by atoms with Crippen molar-refractivity contribution in [3.8, 4) is 23.5 Å². The van der Waals surface area contributed by atoms with Crippen molar-refractivity contribution in [3.63, 3.8) is 0 Å². The molecule has 2 aliphatic heterocycles. The predicted molar refractivity (Wildman–Crippen MR) is 410 cm³/mol. The molecule has 0 fully saturated rings. The Balaban J connectivity index is 1.30. The molecule has 2 heterocycles. The molecular weight excluding hydrogens is 1040 g/mol. The third kappa shape index (κ3) is 10.2. The minimum atomic E-state index is -0.189. The van der Waals surface area contributed by atoms with Gasteiger partial charge in [-0.3, -0.25) is 0 Å². The van der Waals surface area contributed by atoms with Crippen molar-refractivity contribution >= 4 is 178 Å². The largest absolute Gasteiger partial charge is 0.311 e. The van der Waals surface area contributed by atoms with Gasteiger partial charge < -0.3 is 14.7 Å². The molecule has 0 aromatic heterocycles. The zero-order valence-electron chi connectivity index (χ0n) is 56.9. The van der Waals surface area contributed by atoms with Crippen LogP contribution in [-0.2, 0) is 27.1 Å². The van der Waals surface area contributed by atoms with Gasteiger partial charge in [0.15, 0.2) is 0 Å². The van der Waals surface area contributed by atoms with E-state index in [1.807, 2.05) is 0 Å². The van der Waals surface area contributed by atoms with Crippen LogP contribution in [0.1, 0.15) is 136 Å². The summed E-state index contributed by atoms with van der Waals surface area (Å²) in [4.78, 5) is 7.91. The van der Waals surface area contributed by atoms with Crippen molar-refractivity contribution in [1.29, 1.82) is 0 Å². The second-order valence-corrected chi connectivity index (χ2v) is 30.4. The fourth-order valence-corrected chi connectivity index (χ4v) is 14.5. The summed E-state index contributed by atoms with van der Waals surface area (Å²) in [5, 5.41) is 0. The molecule has 8 aromatic carbocycles. The molecule has 0 bridgehead atoms. The summed E-state index contributed by atoms with van der Waals surface area (Å²) in [5.41, 5.74) is 37.1. The molecule has 1 aliphatic carbocycles. The Labute approximate surface area is 531 Å². The first-order chi connectivity index (χ1) is 40.7. The number of hydrogen-bond donors (Lipinski definition) is 0. The van der Waals surface area contributed by atoms with Crippen LogP contribution in [0.2, 0.25) is 6.32 Å². The summed E-state index contributed by atoms with van der Waals surface area (Å²) in [6.45, 7) is 32.8. The summed E-state index contributed by atoms with van der Waals surface area (Å²) in [6.07, 6.45) is 7.03. The second-order valence-electron chi connectivity index (χ2n) is 30.4. The van der Waals surface area contributed by atoms with Gasteiger partial charge in [0.2, 0.25) is 0 Å². The Morgan fingerprint density at radius 1 is 0.506 bits per heavy atom. The molecule has 0 atom stereocenters. The van der Waals surface area contributed by atoms with Crippen LogP contribution in [-0.4, -0.2) is 77.3 Å². The van der Waals surface area contributed by atoms with Crippen LogP contribution < -0.4 is 58.4 Å². The topological polar surface area (TPSA) is 9.72 Å². The second kappa shape index (κ2) is 21.6. The molecule has 0 saturated carbocycles. The number of anilines is 9. The number of rotatable bonds is 8. The third-order valence-electron chi connectivity index (χ3n) is 20.6. The highest BCUT2D eigenvalue weighted by Crippen LogP contribution is 2.53. The highest BCUT2D eigenvalue weighted by atomic mass is 15.2. The molecule has 0 spiro atoms. The highest BCUT2D eigenvalue weighted by molar-refractivity contribution is 7.00. The van der Waals surface area contributed by atoms with E-state index < -0.39 is 0 Å². The number of benzene rings is 8. The normalized spacial score (nSPS) is 14.7. The maximum Gasteiger partial charge on any atom is 0.252 e. The van der Waals surface area contributed by atoms with Crippen LogP contribution in [0.5, 0.6) is 0 Å². The van der Waals surface area contributed by atoms with E-state index in [9.17, 15) is 0 Å². The van der Waals surface area contributed by atoms with Gasteiger partial charge in [0.05, 0.1) is 5.69 Å². The molecule has 3 nitrogen and oxygen atoms in total. The van der Waals surface area contributed by atoms with Crippen LogP contribution in [0.15, 0.2) is 150 Å². The monoisotopic (exact) mass is 1130 g/mol. The Bertz CT molecular complexity index is 4260. The van der Waals surface area contributed by atoms with E-state index in [1.165, 1.54) is 133 Å². The van der Waals surface area contributed by atoms with Gasteiger partial charge >= 0.3 is 0 Å². The average molecular weight is 1120 g/mol. The summed E-state index contributed by atoms with van der Waals surface area (Å²) < 4.78 is 0. The van der Waals surface area contributed by atoms with Crippen molar-refractivity contribution in [3.05, 3.63) is 189 Å². The zero-order valence-corrected chi connectivity index (χ0v) is 56.9. The lowest BCUT2D eigenvalue weighted by Gasteiger charge is -2.46. The van der Waals surface area contributed by atoms with Crippen molar-refractivity contribution in [2.75, 3.05) is 14.7 Å². The van der Waals surface area contributed by atoms with Crippen molar-refractivity contribution in [2.45, 2.75) is 130 Å². The fraction of sp³-hybridized carbons (Fsp3) is 0.270. The fourth-order valence-electron chi connectivity index (χ4n) is 14.5. The first kappa shape index (κ1) is 61.5. The standard InChI is InChI=1S/C74H85B10N3/c1-16-53(76)62(78)61(77)50(39-75)49-33-41(71(5,6)7)23-31-56(49)87(69-66(82)64(80)63(79)65(81)67(69)83)46-28-30-54-58(38-46)86(45-27-29-52-48(37-45)47-19-17-18-20-51(47)74(52,14)15)60-36-43(73(11,12)13)35-59-68(60)84(54)55-34-42(72(8,9)10)24-32-57(55)85(59)44-25-21-40(22-26-44)70(2,3)4/h1,17-38H,39,75-83H2,2-15H3/b61-50-,62-53-. The van der Waals surface area contributed by atoms with Crippen LogP contribution >= 0.6 is 0 Å². The van der Waals surface area contributed by atoms with Gasteiger partial charge in [-0.15, -0.1) is 11.9 Å². The average Bonchev–Trinajstić information content (AvgIpc) is 0.825. The van der Waals surface area contributed by atoms with E-state index in [0.717, 1.165) is 40.0 Å². The first-order valence-corrected chi connectivity index (χ1v) is 32.0. The number of allylic oxidation sites excluding steroid dienone is 4. The minimum Gasteiger partial charge on any atom is -0.311 e. The van der Waals surface area contributed by atoms with Gasteiger partial charge in [0.1, 0.15) is 70.6 Å². The maximum absolute atomic E-state index is 6.19. The van der Waals surface area contributed by atoms with Gasteiger partial charge in [-0.2, -0.15) is 0 Å². The van der Waals surface area contributed by atoms with E-state index in [0.29, 0.717) is 0 Å². The van der Waals surface area contributed by atoms with Crippen molar-refractivity contribution < 1.29 is 0 Å².